The molecule has 0 radical (unpaired) electrons. The molecule has 2 N–H and O–H groups in total. The van der Waals surface area contributed by atoms with Gasteiger partial charge in [-0.05, 0) is 18.2 Å². The second kappa shape index (κ2) is 4.65. The monoisotopic (exact) mass is 233 g/mol. The Balaban J connectivity index is 2.18. The van der Waals surface area contributed by atoms with Crippen molar-refractivity contribution in [3.63, 3.8) is 0 Å². The minimum absolute atomic E-state index is 0.0975. The summed E-state index contributed by atoms with van der Waals surface area (Å²) in [5.74, 6) is 0.111. The van der Waals surface area contributed by atoms with Crippen LogP contribution in [0.5, 0.6) is 0 Å². The number of allylic oxidation sites excluding steroid dienone is 1. The first kappa shape index (κ1) is 11.1. The van der Waals surface area contributed by atoms with E-state index in [2.05, 4.69) is 15.6 Å². The number of fused-ring (bicyclic) bond motifs is 1. The number of aliphatic imine (C=N–C) groups is 1. The lowest BCUT2D eigenvalue weighted by Crippen LogP contribution is -2.37. The Kier molecular flexibility index (Phi) is 3.04. The van der Waals surface area contributed by atoms with Gasteiger partial charge in [-0.2, -0.15) is 0 Å². The molecule has 1 aromatic heterocycles. The molecule has 0 unspecified atom stereocenters. The Morgan fingerprint density at radius 2 is 2.29 bits per heavy atom. The Labute approximate surface area is 97.4 Å². The van der Waals surface area contributed by atoms with E-state index >= 15 is 0 Å². The van der Waals surface area contributed by atoms with Crippen LogP contribution in [0.3, 0.4) is 0 Å². The number of hydrogen-bond donors (Lipinski definition) is 2. The highest BCUT2D eigenvalue weighted by Crippen LogP contribution is 2.19. The summed E-state index contributed by atoms with van der Waals surface area (Å²) >= 11 is 0. The quantitative estimate of drug-likeness (QED) is 0.757. The van der Waals surface area contributed by atoms with Gasteiger partial charge >= 0.3 is 6.03 Å². The van der Waals surface area contributed by atoms with Crippen LogP contribution in [-0.2, 0) is 6.54 Å². The summed E-state index contributed by atoms with van der Waals surface area (Å²) in [6.45, 7) is 0.457. The number of carbonyl (C=O) groups excluding carboxylic acids is 2. The number of hydrogen-bond acceptors (Lipinski definition) is 4. The van der Waals surface area contributed by atoms with E-state index in [1.54, 1.807) is 24.4 Å². The zero-order chi connectivity index (χ0) is 12.3. The third-order valence-electron chi connectivity index (χ3n) is 2.22. The molecular formula is C11H11N3O3. The molecule has 0 saturated heterocycles. The largest absolute Gasteiger partial charge is 0.451 e. The molecule has 0 fully saturated rings. The van der Waals surface area contributed by atoms with E-state index in [1.165, 1.54) is 7.05 Å². The third kappa shape index (κ3) is 2.41. The molecule has 2 rings (SSSR count). The smallest absolute Gasteiger partial charge is 0.321 e. The van der Waals surface area contributed by atoms with Crippen LogP contribution in [0.15, 0.2) is 21.6 Å². The van der Waals surface area contributed by atoms with E-state index in [0.29, 0.717) is 12.3 Å². The van der Waals surface area contributed by atoms with Crippen molar-refractivity contribution in [1.82, 2.24) is 10.6 Å². The Morgan fingerprint density at radius 3 is 3.06 bits per heavy atom. The number of furan rings is 1. The van der Waals surface area contributed by atoms with Crippen LogP contribution >= 0.6 is 0 Å². The molecular weight excluding hydrogens is 222 g/mol. The van der Waals surface area contributed by atoms with Gasteiger partial charge in [0.15, 0.2) is 5.76 Å². The zero-order valence-corrected chi connectivity index (χ0v) is 9.19. The molecule has 0 saturated carbocycles. The molecule has 0 atom stereocenters. The van der Waals surface area contributed by atoms with Crippen LogP contribution in [0, 0.1) is 0 Å². The second-order valence-electron chi connectivity index (χ2n) is 3.38. The highest BCUT2D eigenvalue weighted by atomic mass is 16.4. The van der Waals surface area contributed by atoms with Crippen molar-refractivity contribution in [1.29, 1.82) is 0 Å². The van der Waals surface area contributed by atoms with Crippen LogP contribution in [0.25, 0.3) is 6.08 Å². The fraction of sp³-hybridized carbons (Fsp3) is 0.182. The number of rotatable bonds is 1. The van der Waals surface area contributed by atoms with Crippen molar-refractivity contribution >= 4 is 24.2 Å². The van der Waals surface area contributed by atoms with Gasteiger partial charge in [0.1, 0.15) is 5.76 Å². The SMILES string of the molecule is CNC(=O)NC(=O)c1cc2c(o1)C=CC=NC2. The van der Waals surface area contributed by atoms with E-state index in [9.17, 15) is 9.59 Å². The molecule has 0 spiro atoms. The van der Waals surface area contributed by atoms with Crippen LogP contribution in [0.4, 0.5) is 4.79 Å². The zero-order valence-electron chi connectivity index (χ0n) is 9.19. The highest BCUT2D eigenvalue weighted by molar-refractivity contribution is 6.02. The summed E-state index contributed by atoms with van der Waals surface area (Å²) in [6, 6.07) is 1.01. The molecule has 17 heavy (non-hydrogen) atoms. The van der Waals surface area contributed by atoms with Gasteiger partial charge in [0, 0.05) is 18.8 Å². The van der Waals surface area contributed by atoms with Crippen LogP contribution in [0.1, 0.15) is 21.9 Å². The van der Waals surface area contributed by atoms with Gasteiger partial charge in [0.25, 0.3) is 5.91 Å². The van der Waals surface area contributed by atoms with E-state index in [4.69, 9.17) is 4.42 Å². The van der Waals surface area contributed by atoms with Crippen LogP contribution < -0.4 is 10.6 Å². The van der Waals surface area contributed by atoms with Gasteiger partial charge in [-0.3, -0.25) is 15.1 Å². The van der Waals surface area contributed by atoms with Gasteiger partial charge in [-0.25, -0.2) is 4.79 Å². The van der Waals surface area contributed by atoms with Crippen molar-refractivity contribution in [2.24, 2.45) is 4.99 Å². The molecule has 6 heteroatoms. The molecule has 0 bridgehead atoms. The first-order valence-electron chi connectivity index (χ1n) is 5.03. The molecule has 6 nitrogen and oxygen atoms in total. The van der Waals surface area contributed by atoms with E-state index in [0.717, 1.165) is 5.56 Å². The maximum Gasteiger partial charge on any atom is 0.321 e. The second-order valence-corrected chi connectivity index (χ2v) is 3.38. The fourth-order valence-electron chi connectivity index (χ4n) is 1.39. The Morgan fingerprint density at radius 1 is 1.47 bits per heavy atom. The average Bonchev–Trinajstić information content (AvgIpc) is 2.61. The average molecular weight is 233 g/mol. The normalized spacial score (nSPS) is 12.8. The molecule has 1 aliphatic rings. The fourth-order valence-corrected chi connectivity index (χ4v) is 1.39. The number of amides is 3. The first-order chi connectivity index (χ1) is 8.20. The third-order valence-corrected chi connectivity index (χ3v) is 2.22. The van der Waals surface area contributed by atoms with Crippen LogP contribution in [-0.4, -0.2) is 25.2 Å². The molecule has 1 aromatic rings. The maximum atomic E-state index is 11.6. The van der Waals surface area contributed by atoms with Crippen molar-refractivity contribution in [3.05, 3.63) is 29.2 Å². The maximum absolute atomic E-state index is 11.6. The Bertz CT molecular complexity index is 514. The molecule has 3 amide bonds. The topological polar surface area (TPSA) is 83.7 Å². The summed E-state index contributed by atoms with van der Waals surface area (Å²) in [7, 11) is 1.43. The molecule has 0 aromatic carbocycles. The number of nitrogens with zero attached hydrogens (tertiary/aromatic N) is 1. The van der Waals surface area contributed by atoms with Gasteiger partial charge in [0.2, 0.25) is 0 Å². The van der Waals surface area contributed by atoms with Crippen molar-refractivity contribution in [2.75, 3.05) is 7.05 Å². The van der Waals surface area contributed by atoms with Crippen LogP contribution in [0.2, 0.25) is 0 Å². The predicted octanol–water partition coefficient (Wildman–Crippen LogP) is 0.946. The van der Waals surface area contributed by atoms with E-state index < -0.39 is 11.9 Å². The minimum Gasteiger partial charge on any atom is -0.451 e. The molecule has 1 aliphatic heterocycles. The van der Waals surface area contributed by atoms with Crippen molar-refractivity contribution in [3.8, 4) is 0 Å². The molecule has 2 heterocycles. The summed E-state index contributed by atoms with van der Waals surface area (Å²) in [6.07, 6.45) is 5.12. The number of imide groups is 1. The van der Waals surface area contributed by atoms with Gasteiger partial charge in [-0.1, -0.05) is 0 Å². The lowest BCUT2D eigenvalue weighted by molar-refractivity contribution is 0.0937. The molecule has 0 aliphatic carbocycles. The highest BCUT2D eigenvalue weighted by Gasteiger charge is 2.17. The summed E-state index contributed by atoms with van der Waals surface area (Å²) in [5, 5.41) is 4.41. The summed E-state index contributed by atoms with van der Waals surface area (Å²) < 4.78 is 5.33. The standard InChI is InChI=1S/C11H11N3O3/c1-12-11(16)14-10(15)9-5-7-6-13-4-2-3-8(7)17-9/h2-5H,6H2,1H3,(H2,12,14,15,16). The van der Waals surface area contributed by atoms with Crippen molar-refractivity contribution < 1.29 is 14.0 Å². The first-order valence-corrected chi connectivity index (χ1v) is 5.03. The van der Waals surface area contributed by atoms with E-state index in [-0.39, 0.29) is 5.76 Å². The van der Waals surface area contributed by atoms with Gasteiger partial charge < -0.3 is 9.73 Å². The molecule has 88 valence electrons. The predicted molar refractivity (Wildman–Crippen MR) is 61.9 cm³/mol. The van der Waals surface area contributed by atoms with Gasteiger partial charge in [0.05, 0.1) is 6.54 Å². The van der Waals surface area contributed by atoms with Gasteiger partial charge in [-0.15, -0.1) is 0 Å². The minimum atomic E-state index is -0.574. The number of nitrogens with one attached hydrogen (secondary N) is 2. The summed E-state index contributed by atoms with van der Waals surface area (Å²) in [4.78, 5) is 26.6. The summed E-state index contributed by atoms with van der Waals surface area (Å²) in [5.41, 5.74) is 0.817. The van der Waals surface area contributed by atoms with E-state index in [1.807, 2.05) is 0 Å². The lowest BCUT2D eigenvalue weighted by Gasteiger charge is -1.99. The number of carbonyl (C=O) groups is 2. The Hall–Kier alpha value is -2.37. The van der Waals surface area contributed by atoms with Crippen molar-refractivity contribution in [2.45, 2.75) is 6.54 Å². The lowest BCUT2D eigenvalue weighted by atomic mass is 10.2. The number of urea groups is 1.